The summed E-state index contributed by atoms with van der Waals surface area (Å²) in [7, 11) is -2.31. The number of aromatic nitrogens is 2. The van der Waals surface area contributed by atoms with E-state index in [9.17, 15) is 13.2 Å². The molecule has 9 nitrogen and oxygen atoms in total. The second-order valence-corrected chi connectivity index (χ2v) is 10.0. The minimum Gasteiger partial charge on any atom is -0.338 e. The maximum Gasteiger partial charge on any atom is 0.294 e. The Bertz CT molecular complexity index is 1300. The predicted molar refractivity (Wildman–Crippen MR) is 127 cm³/mol. The highest BCUT2D eigenvalue weighted by Crippen LogP contribution is 2.39. The van der Waals surface area contributed by atoms with Crippen LogP contribution in [0.4, 0.5) is 11.8 Å². The van der Waals surface area contributed by atoms with Crippen LogP contribution in [-0.2, 0) is 20.3 Å². The number of benzene rings is 2. The molecule has 1 fully saturated rings. The Kier molecular flexibility index (Phi) is 6.08. The van der Waals surface area contributed by atoms with Gasteiger partial charge in [0.2, 0.25) is 11.9 Å². The van der Waals surface area contributed by atoms with Crippen LogP contribution in [0.2, 0.25) is 0 Å². The normalized spacial score (nSPS) is 17.5. The Morgan fingerprint density at radius 2 is 1.73 bits per heavy atom. The smallest absolute Gasteiger partial charge is 0.294 e. The first kappa shape index (κ1) is 23.1. The van der Waals surface area contributed by atoms with Crippen LogP contribution in [0.3, 0.4) is 0 Å². The summed E-state index contributed by atoms with van der Waals surface area (Å²) in [4.78, 5) is 25.0. The second kappa shape index (κ2) is 8.69. The van der Waals surface area contributed by atoms with E-state index in [1.165, 1.54) is 12.1 Å². The van der Waals surface area contributed by atoms with Crippen LogP contribution >= 0.6 is 0 Å². The lowest BCUT2D eigenvalue weighted by Gasteiger charge is -2.27. The van der Waals surface area contributed by atoms with Crippen molar-refractivity contribution in [2.75, 3.05) is 43.0 Å². The van der Waals surface area contributed by atoms with Gasteiger partial charge < -0.3 is 10.2 Å². The molecule has 5 rings (SSSR count). The highest BCUT2D eigenvalue weighted by Gasteiger charge is 2.44. The molecule has 0 unspecified atom stereocenters. The molecule has 1 amide bonds. The number of anilines is 2. The van der Waals surface area contributed by atoms with Crippen molar-refractivity contribution in [2.24, 2.45) is 0 Å². The largest absolute Gasteiger partial charge is 0.338 e. The number of rotatable bonds is 2. The molecule has 1 aromatic heterocycles. The average Bonchev–Trinajstić information content (AvgIpc) is 2.99. The summed E-state index contributed by atoms with van der Waals surface area (Å²) < 4.78 is 30.5. The summed E-state index contributed by atoms with van der Waals surface area (Å²) in [6.07, 6.45) is 1.81. The van der Waals surface area contributed by atoms with Gasteiger partial charge in [-0.2, -0.15) is 13.4 Å². The molecule has 2 aliphatic rings. The quantitative estimate of drug-likeness (QED) is 0.549. The van der Waals surface area contributed by atoms with Crippen molar-refractivity contribution in [1.29, 1.82) is 0 Å². The molecule has 2 aliphatic heterocycles. The van der Waals surface area contributed by atoms with Gasteiger partial charge in [0.15, 0.2) is 0 Å². The molecule has 0 spiro atoms. The summed E-state index contributed by atoms with van der Waals surface area (Å²) in [6, 6.07) is 11.9. The van der Waals surface area contributed by atoms with E-state index >= 15 is 0 Å². The minimum absolute atomic E-state index is 0.0730. The predicted octanol–water partition coefficient (Wildman–Crippen LogP) is 2.23. The molecule has 0 bridgehead atoms. The number of hydrogen-bond donors (Lipinski definition) is 2. The standard InChI is InChI=1S/C13H19N5O.C10H8O3S/c1-13(2)9-8-15-12(18-6-4-14-5-7-18)16-10(9)17(3)11(13)19;11-14(12,13)10-6-5-8-3-1-2-4-9(8)7-10/h8,14H,4-7H2,1-3H3;1-7H,(H,11,12,13). The lowest BCUT2D eigenvalue weighted by Crippen LogP contribution is -2.44. The van der Waals surface area contributed by atoms with Gasteiger partial charge in [-0.25, -0.2) is 4.98 Å². The van der Waals surface area contributed by atoms with Gasteiger partial charge in [0, 0.05) is 45.0 Å². The fourth-order valence-corrected chi connectivity index (χ4v) is 4.55. The van der Waals surface area contributed by atoms with Gasteiger partial charge in [-0.3, -0.25) is 14.2 Å². The fraction of sp³-hybridized carbons (Fsp3) is 0.348. The SMILES string of the molecule is CN1C(=O)C(C)(C)c2cnc(N3CCNCC3)nc21.O=S(=O)(O)c1ccc2ccccc2c1. The third-order valence-corrected chi connectivity index (χ3v) is 6.85. The summed E-state index contributed by atoms with van der Waals surface area (Å²) in [5.41, 5.74) is 0.394. The number of nitrogens with zero attached hydrogens (tertiary/aromatic N) is 4. The summed E-state index contributed by atoms with van der Waals surface area (Å²) >= 11 is 0. The van der Waals surface area contributed by atoms with E-state index in [0.29, 0.717) is 0 Å². The number of piperazine rings is 1. The van der Waals surface area contributed by atoms with E-state index in [-0.39, 0.29) is 10.8 Å². The van der Waals surface area contributed by atoms with Gasteiger partial charge in [-0.05, 0) is 36.8 Å². The van der Waals surface area contributed by atoms with E-state index in [4.69, 9.17) is 4.55 Å². The molecule has 0 radical (unpaired) electrons. The maximum atomic E-state index is 12.2. The Hall–Kier alpha value is -3.08. The summed E-state index contributed by atoms with van der Waals surface area (Å²) in [5, 5.41) is 5.04. The van der Waals surface area contributed by atoms with Gasteiger partial charge in [0.1, 0.15) is 5.82 Å². The highest BCUT2D eigenvalue weighted by atomic mass is 32.2. The molecular formula is C23H27N5O4S. The van der Waals surface area contributed by atoms with Gasteiger partial charge in [-0.1, -0.05) is 30.3 Å². The second-order valence-electron chi connectivity index (χ2n) is 8.62. The van der Waals surface area contributed by atoms with Crippen LogP contribution in [0.5, 0.6) is 0 Å². The topological polar surface area (TPSA) is 116 Å². The molecule has 10 heteroatoms. The molecule has 3 heterocycles. The van der Waals surface area contributed by atoms with Crippen LogP contribution < -0.4 is 15.1 Å². The molecule has 3 aromatic rings. The number of hydrogen-bond acceptors (Lipinski definition) is 7. The Labute approximate surface area is 193 Å². The van der Waals surface area contributed by atoms with E-state index in [1.807, 2.05) is 32.0 Å². The van der Waals surface area contributed by atoms with Crippen molar-refractivity contribution in [3.8, 4) is 0 Å². The number of nitrogens with one attached hydrogen (secondary N) is 1. The Balaban J connectivity index is 0.000000165. The van der Waals surface area contributed by atoms with Gasteiger partial charge in [0.25, 0.3) is 10.1 Å². The number of amides is 1. The highest BCUT2D eigenvalue weighted by molar-refractivity contribution is 7.85. The van der Waals surface area contributed by atoms with Crippen LogP contribution in [0, 0.1) is 0 Å². The molecule has 0 aliphatic carbocycles. The zero-order chi connectivity index (χ0) is 23.8. The minimum atomic E-state index is -4.09. The van der Waals surface area contributed by atoms with Gasteiger partial charge in [-0.15, -0.1) is 0 Å². The molecule has 33 heavy (non-hydrogen) atoms. The first-order chi connectivity index (χ1) is 15.6. The van der Waals surface area contributed by atoms with Crippen LogP contribution in [-0.4, -0.2) is 62.1 Å². The summed E-state index contributed by atoms with van der Waals surface area (Å²) in [5.74, 6) is 1.55. The molecular weight excluding hydrogens is 442 g/mol. The van der Waals surface area contributed by atoms with Crippen molar-refractivity contribution >= 4 is 38.6 Å². The monoisotopic (exact) mass is 469 g/mol. The van der Waals surface area contributed by atoms with E-state index in [0.717, 1.165) is 54.3 Å². The summed E-state index contributed by atoms with van der Waals surface area (Å²) in [6.45, 7) is 7.54. The van der Waals surface area contributed by atoms with Crippen molar-refractivity contribution < 1.29 is 17.8 Å². The van der Waals surface area contributed by atoms with Crippen LogP contribution in [0.25, 0.3) is 10.8 Å². The Morgan fingerprint density at radius 1 is 1.06 bits per heavy atom. The molecule has 174 valence electrons. The Morgan fingerprint density at radius 3 is 2.39 bits per heavy atom. The number of carbonyl (C=O) groups is 1. The zero-order valence-electron chi connectivity index (χ0n) is 18.8. The lowest BCUT2D eigenvalue weighted by molar-refractivity contribution is -0.121. The van der Waals surface area contributed by atoms with Crippen LogP contribution in [0.1, 0.15) is 19.4 Å². The number of fused-ring (bicyclic) bond motifs is 2. The lowest BCUT2D eigenvalue weighted by atomic mass is 9.88. The number of carbonyl (C=O) groups excluding carboxylic acids is 1. The van der Waals surface area contributed by atoms with E-state index in [1.54, 1.807) is 30.3 Å². The maximum absolute atomic E-state index is 12.2. The van der Waals surface area contributed by atoms with Crippen molar-refractivity contribution in [1.82, 2.24) is 15.3 Å². The van der Waals surface area contributed by atoms with Crippen molar-refractivity contribution in [3.63, 3.8) is 0 Å². The third kappa shape index (κ3) is 4.54. The molecule has 1 saturated heterocycles. The van der Waals surface area contributed by atoms with Gasteiger partial charge in [0.05, 0.1) is 10.3 Å². The fourth-order valence-electron chi connectivity index (χ4n) is 4.04. The van der Waals surface area contributed by atoms with Gasteiger partial charge >= 0.3 is 0 Å². The first-order valence-corrected chi connectivity index (χ1v) is 12.1. The van der Waals surface area contributed by atoms with Crippen molar-refractivity contribution in [2.45, 2.75) is 24.2 Å². The van der Waals surface area contributed by atoms with Crippen LogP contribution in [0.15, 0.2) is 53.6 Å². The molecule has 2 N–H and O–H groups in total. The molecule has 0 saturated carbocycles. The average molecular weight is 470 g/mol. The first-order valence-electron chi connectivity index (χ1n) is 10.7. The third-order valence-electron chi connectivity index (χ3n) is 6.00. The van der Waals surface area contributed by atoms with E-state index in [2.05, 4.69) is 20.2 Å². The zero-order valence-corrected chi connectivity index (χ0v) is 19.6. The molecule has 2 aromatic carbocycles. The van der Waals surface area contributed by atoms with E-state index < -0.39 is 15.5 Å². The number of likely N-dealkylation sites (N-methyl/N-ethyl adjacent to an activating group) is 1. The molecule has 0 atom stereocenters. The van der Waals surface area contributed by atoms with Crippen molar-refractivity contribution in [3.05, 3.63) is 54.2 Å².